The summed E-state index contributed by atoms with van der Waals surface area (Å²) in [5.41, 5.74) is 8.28. The molecule has 0 amide bonds. The number of rotatable bonds is 4. The molecule has 1 aliphatic rings. The van der Waals surface area contributed by atoms with Crippen molar-refractivity contribution < 1.29 is 0 Å². The second kappa shape index (κ2) is 8.05. The smallest absolute Gasteiger partial charge is 0.129 e. The Labute approximate surface area is 170 Å². The summed E-state index contributed by atoms with van der Waals surface area (Å²) in [5.74, 6) is 1.00. The van der Waals surface area contributed by atoms with Crippen LogP contribution in [0.15, 0.2) is 54.6 Å². The standard InChI is InChI=1S/C22H23Cl2N3/c23-19-11-5-15(13-20(19)24)14-27(18-9-7-17(25)8-10-18)22-12-6-16-3-1-2-4-21(16)26-22/h1-6,11-13,17-18H,7-10,14,25H2. The highest BCUT2D eigenvalue weighted by molar-refractivity contribution is 6.42. The van der Waals surface area contributed by atoms with E-state index in [1.807, 2.05) is 30.3 Å². The third-order valence-electron chi connectivity index (χ3n) is 5.40. The zero-order valence-electron chi connectivity index (χ0n) is 15.1. The van der Waals surface area contributed by atoms with Gasteiger partial charge in [0.25, 0.3) is 0 Å². The summed E-state index contributed by atoms with van der Waals surface area (Å²) in [6.45, 7) is 0.752. The van der Waals surface area contributed by atoms with Crippen molar-refractivity contribution in [3.8, 4) is 0 Å². The molecule has 0 spiro atoms. The number of hydrogen-bond acceptors (Lipinski definition) is 3. The van der Waals surface area contributed by atoms with Crippen LogP contribution in [0.25, 0.3) is 10.9 Å². The minimum atomic E-state index is 0.317. The fraction of sp³-hybridized carbons (Fsp3) is 0.318. The number of aromatic nitrogens is 1. The zero-order chi connectivity index (χ0) is 18.8. The number of para-hydroxylation sites is 1. The van der Waals surface area contributed by atoms with Crippen LogP contribution < -0.4 is 10.6 Å². The highest BCUT2D eigenvalue weighted by Gasteiger charge is 2.25. The molecule has 1 fully saturated rings. The first-order chi connectivity index (χ1) is 13.1. The molecule has 3 aromatic rings. The molecule has 1 heterocycles. The van der Waals surface area contributed by atoms with E-state index in [9.17, 15) is 0 Å². The molecule has 0 radical (unpaired) electrons. The SMILES string of the molecule is NC1CCC(N(Cc2ccc(Cl)c(Cl)c2)c2ccc3ccccc3n2)CC1. The van der Waals surface area contributed by atoms with Gasteiger partial charge in [0, 0.05) is 24.0 Å². The Morgan fingerprint density at radius 3 is 2.48 bits per heavy atom. The van der Waals surface area contributed by atoms with Crippen LogP contribution in [0, 0.1) is 0 Å². The predicted molar refractivity (Wildman–Crippen MR) is 115 cm³/mol. The lowest BCUT2D eigenvalue weighted by molar-refractivity contribution is 0.373. The average Bonchev–Trinajstić information content (AvgIpc) is 2.69. The number of nitrogens with two attached hydrogens (primary N) is 1. The van der Waals surface area contributed by atoms with Gasteiger partial charge in [-0.25, -0.2) is 4.98 Å². The van der Waals surface area contributed by atoms with Gasteiger partial charge in [0.2, 0.25) is 0 Å². The van der Waals surface area contributed by atoms with Crippen molar-refractivity contribution in [1.82, 2.24) is 4.98 Å². The molecular weight excluding hydrogens is 377 g/mol. The van der Waals surface area contributed by atoms with Crippen LogP contribution in [0.2, 0.25) is 10.0 Å². The van der Waals surface area contributed by atoms with Crippen LogP contribution in [-0.2, 0) is 6.54 Å². The van der Waals surface area contributed by atoms with Gasteiger partial charge in [-0.15, -0.1) is 0 Å². The van der Waals surface area contributed by atoms with E-state index in [0.717, 1.165) is 54.5 Å². The summed E-state index contributed by atoms with van der Waals surface area (Å²) < 4.78 is 0. The van der Waals surface area contributed by atoms with Gasteiger partial charge in [0.15, 0.2) is 0 Å². The van der Waals surface area contributed by atoms with E-state index in [4.69, 9.17) is 33.9 Å². The summed E-state index contributed by atoms with van der Waals surface area (Å²) in [5, 5.41) is 2.33. The molecule has 0 saturated heterocycles. The lowest BCUT2D eigenvalue weighted by Gasteiger charge is -2.37. The number of anilines is 1. The van der Waals surface area contributed by atoms with Gasteiger partial charge in [-0.3, -0.25) is 0 Å². The molecule has 1 saturated carbocycles. The molecule has 1 aliphatic carbocycles. The van der Waals surface area contributed by atoms with Crippen molar-refractivity contribution in [3.05, 3.63) is 70.2 Å². The molecule has 2 aromatic carbocycles. The Morgan fingerprint density at radius 2 is 1.70 bits per heavy atom. The Hall–Kier alpha value is -1.81. The highest BCUT2D eigenvalue weighted by atomic mass is 35.5. The van der Waals surface area contributed by atoms with Crippen molar-refractivity contribution in [3.63, 3.8) is 0 Å². The Kier molecular flexibility index (Phi) is 5.53. The van der Waals surface area contributed by atoms with E-state index in [-0.39, 0.29) is 0 Å². The van der Waals surface area contributed by atoms with E-state index in [1.54, 1.807) is 0 Å². The van der Waals surface area contributed by atoms with Crippen LogP contribution in [0.4, 0.5) is 5.82 Å². The number of nitrogens with zero attached hydrogens (tertiary/aromatic N) is 2. The van der Waals surface area contributed by atoms with Crippen molar-refractivity contribution >= 4 is 39.9 Å². The van der Waals surface area contributed by atoms with Crippen LogP contribution in [0.3, 0.4) is 0 Å². The van der Waals surface area contributed by atoms with Crippen LogP contribution in [0.5, 0.6) is 0 Å². The second-order valence-electron chi connectivity index (χ2n) is 7.31. The monoisotopic (exact) mass is 399 g/mol. The van der Waals surface area contributed by atoms with E-state index in [0.29, 0.717) is 22.1 Å². The molecule has 3 nitrogen and oxygen atoms in total. The first-order valence-electron chi connectivity index (χ1n) is 9.42. The maximum atomic E-state index is 6.24. The molecular formula is C22H23Cl2N3. The second-order valence-corrected chi connectivity index (χ2v) is 8.12. The summed E-state index contributed by atoms with van der Waals surface area (Å²) in [6, 6.07) is 19.1. The summed E-state index contributed by atoms with van der Waals surface area (Å²) >= 11 is 12.3. The van der Waals surface area contributed by atoms with Crippen molar-refractivity contribution in [1.29, 1.82) is 0 Å². The molecule has 4 rings (SSSR count). The zero-order valence-corrected chi connectivity index (χ0v) is 16.6. The summed E-state index contributed by atoms with van der Waals surface area (Å²) in [4.78, 5) is 7.34. The van der Waals surface area contributed by atoms with Gasteiger partial charge in [0.1, 0.15) is 5.82 Å². The van der Waals surface area contributed by atoms with Gasteiger partial charge >= 0.3 is 0 Å². The largest absolute Gasteiger partial charge is 0.349 e. The predicted octanol–water partition coefficient (Wildman–Crippen LogP) is 5.82. The first kappa shape index (κ1) is 18.5. The fourth-order valence-corrected chi connectivity index (χ4v) is 4.18. The van der Waals surface area contributed by atoms with Gasteiger partial charge in [-0.1, -0.05) is 47.5 Å². The Balaban J connectivity index is 1.68. The van der Waals surface area contributed by atoms with E-state index in [1.165, 1.54) is 0 Å². The van der Waals surface area contributed by atoms with Gasteiger partial charge in [-0.05, 0) is 61.6 Å². The Bertz CT molecular complexity index is 936. The van der Waals surface area contributed by atoms with Crippen LogP contribution >= 0.6 is 23.2 Å². The third kappa shape index (κ3) is 4.21. The molecule has 0 aliphatic heterocycles. The molecule has 0 atom stereocenters. The topological polar surface area (TPSA) is 42.1 Å². The first-order valence-corrected chi connectivity index (χ1v) is 10.2. The van der Waals surface area contributed by atoms with Crippen LogP contribution in [-0.4, -0.2) is 17.1 Å². The normalized spacial score (nSPS) is 20.0. The van der Waals surface area contributed by atoms with Crippen molar-refractivity contribution in [2.75, 3.05) is 4.90 Å². The van der Waals surface area contributed by atoms with E-state index < -0.39 is 0 Å². The molecule has 1 aromatic heterocycles. The average molecular weight is 400 g/mol. The van der Waals surface area contributed by atoms with Crippen LogP contribution in [0.1, 0.15) is 31.2 Å². The molecule has 140 valence electrons. The molecule has 0 unspecified atom stereocenters. The summed E-state index contributed by atoms with van der Waals surface area (Å²) in [7, 11) is 0. The number of pyridine rings is 1. The van der Waals surface area contributed by atoms with Crippen molar-refractivity contribution in [2.24, 2.45) is 5.73 Å². The van der Waals surface area contributed by atoms with Crippen molar-refractivity contribution in [2.45, 2.75) is 44.3 Å². The maximum absolute atomic E-state index is 6.24. The van der Waals surface area contributed by atoms with Gasteiger partial charge < -0.3 is 10.6 Å². The minimum Gasteiger partial charge on any atom is -0.349 e. The Morgan fingerprint density at radius 1 is 0.926 bits per heavy atom. The van der Waals surface area contributed by atoms with E-state index >= 15 is 0 Å². The molecule has 2 N–H and O–H groups in total. The lowest BCUT2D eigenvalue weighted by atomic mass is 9.90. The number of hydrogen-bond donors (Lipinski definition) is 1. The molecule has 0 bridgehead atoms. The molecule has 27 heavy (non-hydrogen) atoms. The fourth-order valence-electron chi connectivity index (χ4n) is 3.86. The number of fused-ring (bicyclic) bond motifs is 1. The minimum absolute atomic E-state index is 0.317. The molecule has 5 heteroatoms. The third-order valence-corrected chi connectivity index (χ3v) is 6.14. The quantitative estimate of drug-likeness (QED) is 0.600. The van der Waals surface area contributed by atoms with E-state index in [2.05, 4.69) is 29.2 Å². The number of benzene rings is 2. The lowest BCUT2D eigenvalue weighted by Crippen LogP contribution is -2.41. The number of halogens is 2. The summed E-state index contributed by atoms with van der Waals surface area (Å²) in [6.07, 6.45) is 4.26. The highest BCUT2D eigenvalue weighted by Crippen LogP contribution is 2.30. The van der Waals surface area contributed by atoms with Gasteiger partial charge in [-0.2, -0.15) is 0 Å². The van der Waals surface area contributed by atoms with Gasteiger partial charge in [0.05, 0.1) is 15.6 Å². The maximum Gasteiger partial charge on any atom is 0.129 e.